The smallest absolute Gasteiger partial charge is 0.247 e. The third-order valence-electron chi connectivity index (χ3n) is 7.90. The highest BCUT2D eigenvalue weighted by Gasteiger charge is 2.45. The third-order valence-corrected chi connectivity index (χ3v) is 10.3. The molecule has 3 aromatic rings. The lowest BCUT2D eigenvalue weighted by Gasteiger charge is -2.37. The van der Waals surface area contributed by atoms with Crippen molar-refractivity contribution in [1.29, 1.82) is 0 Å². The number of carbonyl (C=O) groups is 3. The zero-order valence-corrected chi connectivity index (χ0v) is 27.5. The standard InChI is InChI=1S/C33H43N5O4S2/c1-21-29(43-20-36-21)26-11-9-25(10-12-26)18-35-31(41)28-17-27(40)19-38(28)32(42)30(37-22(2)39)33(3,4)44-16-14-24-7-5-23(6-8-24)13-15-34/h5-12,20,27-28,30,40H,13-19,34H2,1-4H3,(H,35,41)(H,37,39)/t27-,28+,30-/m1/s1. The van der Waals surface area contributed by atoms with E-state index in [4.69, 9.17) is 5.73 Å². The Morgan fingerprint density at radius 2 is 1.73 bits per heavy atom. The number of β-amino-alcohol motifs (C(OH)–C–C–N with tert-alkyl or cyclic N) is 1. The van der Waals surface area contributed by atoms with E-state index in [2.05, 4.69) is 39.9 Å². The van der Waals surface area contributed by atoms with E-state index in [9.17, 15) is 19.5 Å². The summed E-state index contributed by atoms with van der Waals surface area (Å²) in [7, 11) is 0. The molecule has 11 heteroatoms. The number of nitrogens with one attached hydrogen (secondary N) is 2. The van der Waals surface area contributed by atoms with Gasteiger partial charge >= 0.3 is 0 Å². The number of amides is 3. The third kappa shape index (κ3) is 8.68. The predicted octanol–water partition coefficient (Wildman–Crippen LogP) is 3.46. The van der Waals surface area contributed by atoms with Gasteiger partial charge < -0.3 is 26.4 Å². The highest BCUT2D eigenvalue weighted by Crippen LogP contribution is 2.32. The number of hydrogen-bond acceptors (Lipinski definition) is 8. The number of nitrogens with two attached hydrogens (primary N) is 1. The summed E-state index contributed by atoms with van der Waals surface area (Å²) in [6.07, 6.45) is 0.957. The van der Waals surface area contributed by atoms with E-state index in [1.165, 1.54) is 23.0 Å². The minimum Gasteiger partial charge on any atom is -0.391 e. The number of aliphatic hydroxyl groups excluding tert-OH is 1. The maximum absolute atomic E-state index is 14.0. The molecule has 1 aliphatic heterocycles. The molecular formula is C33H43N5O4S2. The Bertz CT molecular complexity index is 1420. The number of carbonyl (C=O) groups excluding carboxylic acids is 3. The molecule has 236 valence electrons. The quantitative estimate of drug-likeness (QED) is 0.225. The van der Waals surface area contributed by atoms with Crippen LogP contribution >= 0.6 is 23.1 Å². The van der Waals surface area contributed by atoms with Crippen LogP contribution in [0.2, 0.25) is 0 Å². The first-order valence-electron chi connectivity index (χ1n) is 14.9. The first kappa shape index (κ1) is 33.6. The molecule has 3 amide bonds. The number of aromatic nitrogens is 1. The van der Waals surface area contributed by atoms with Crippen LogP contribution in [0.1, 0.15) is 49.6 Å². The summed E-state index contributed by atoms with van der Waals surface area (Å²) in [5.74, 6) is -0.294. The lowest BCUT2D eigenvalue weighted by molar-refractivity contribution is -0.142. The van der Waals surface area contributed by atoms with Gasteiger partial charge in [-0.15, -0.1) is 11.3 Å². The Balaban J connectivity index is 1.39. The minimum absolute atomic E-state index is 0.0335. The molecule has 1 fully saturated rings. The van der Waals surface area contributed by atoms with Crippen molar-refractivity contribution in [3.8, 4) is 10.4 Å². The van der Waals surface area contributed by atoms with Crippen molar-refractivity contribution in [2.75, 3.05) is 18.8 Å². The van der Waals surface area contributed by atoms with Crippen LogP contribution in [-0.2, 0) is 33.8 Å². The van der Waals surface area contributed by atoms with Crippen LogP contribution in [-0.4, -0.2) is 74.5 Å². The summed E-state index contributed by atoms with van der Waals surface area (Å²) >= 11 is 3.18. The maximum atomic E-state index is 14.0. The van der Waals surface area contributed by atoms with Crippen molar-refractivity contribution in [2.24, 2.45) is 5.73 Å². The molecule has 0 unspecified atom stereocenters. The Morgan fingerprint density at radius 1 is 1.09 bits per heavy atom. The number of aryl methyl sites for hydroxylation is 2. The van der Waals surface area contributed by atoms with E-state index in [0.29, 0.717) is 13.1 Å². The summed E-state index contributed by atoms with van der Waals surface area (Å²) in [5.41, 5.74) is 12.8. The molecule has 0 bridgehead atoms. The van der Waals surface area contributed by atoms with Crippen LogP contribution in [0.4, 0.5) is 0 Å². The molecule has 44 heavy (non-hydrogen) atoms. The first-order chi connectivity index (χ1) is 21.0. The number of aliphatic hydroxyl groups is 1. The Labute approximate surface area is 268 Å². The van der Waals surface area contributed by atoms with Crippen LogP contribution in [0.15, 0.2) is 54.0 Å². The van der Waals surface area contributed by atoms with Crippen molar-refractivity contribution in [2.45, 2.75) is 76.4 Å². The fourth-order valence-electron chi connectivity index (χ4n) is 5.42. The topological polar surface area (TPSA) is 138 Å². The zero-order chi connectivity index (χ0) is 31.9. The van der Waals surface area contributed by atoms with Gasteiger partial charge in [0.2, 0.25) is 17.7 Å². The van der Waals surface area contributed by atoms with Crippen LogP contribution < -0.4 is 16.4 Å². The van der Waals surface area contributed by atoms with Gasteiger partial charge in [0.15, 0.2) is 0 Å². The van der Waals surface area contributed by atoms with Crippen LogP contribution in [0, 0.1) is 6.92 Å². The fourth-order valence-corrected chi connectivity index (χ4v) is 7.42. The van der Waals surface area contributed by atoms with Gasteiger partial charge in [0, 0.05) is 31.2 Å². The average molecular weight is 638 g/mol. The van der Waals surface area contributed by atoms with E-state index in [1.807, 2.05) is 50.5 Å². The number of nitrogens with zero attached hydrogens (tertiary/aromatic N) is 2. The largest absolute Gasteiger partial charge is 0.391 e. The zero-order valence-electron chi connectivity index (χ0n) is 25.8. The molecular weight excluding hydrogens is 595 g/mol. The van der Waals surface area contributed by atoms with Gasteiger partial charge in [0.05, 0.1) is 22.2 Å². The average Bonchev–Trinajstić information content (AvgIpc) is 3.60. The van der Waals surface area contributed by atoms with E-state index >= 15 is 0 Å². The molecule has 0 saturated carbocycles. The highest BCUT2D eigenvalue weighted by atomic mass is 32.2. The molecule has 4 rings (SSSR count). The second-order valence-corrected chi connectivity index (χ2v) is 14.4. The number of likely N-dealkylation sites (tertiary alicyclic amines) is 1. The summed E-state index contributed by atoms with van der Waals surface area (Å²) < 4.78 is -0.672. The number of benzene rings is 2. The van der Waals surface area contributed by atoms with Crippen molar-refractivity contribution in [1.82, 2.24) is 20.5 Å². The van der Waals surface area contributed by atoms with Gasteiger partial charge in [-0.3, -0.25) is 14.4 Å². The normalized spacial score (nSPS) is 17.4. The van der Waals surface area contributed by atoms with E-state index in [-0.39, 0.29) is 30.7 Å². The number of hydrogen-bond donors (Lipinski definition) is 4. The van der Waals surface area contributed by atoms with Gasteiger partial charge in [0.25, 0.3) is 0 Å². The van der Waals surface area contributed by atoms with Crippen LogP contribution in [0.5, 0.6) is 0 Å². The van der Waals surface area contributed by atoms with Crippen molar-refractivity contribution >= 4 is 40.8 Å². The number of rotatable bonds is 13. The van der Waals surface area contributed by atoms with Crippen molar-refractivity contribution in [3.63, 3.8) is 0 Å². The molecule has 3 atom stereocenters. The van der Waals surface area contributed by atoms with E-state index in [1.54, 1.807) is 23.1 Å². The first-order valence-corrected chi connectivity index (χ1v) is 16.8. The molecule has 5 N–H and O–H groups in total. The van der Waals surface area contributed by atoms with Gasteiger partial charge in [-0.1, -0.05) is 48.5 Å². The SMILES string of the molecule is CC(=O)N[C@H](C(=O)N1C[C@H](O)C[C@H]1C(=O)NCc1ccc(-c2scnc2C)cc1)C(C)(C)SCCc1ccc(CCN)cc1. The molecule has 0 radical (unpaired) electrons. The number of thiazole rings is 1. The molecule has 1 aliphatic rings. The van der Waals surface area contributed by atoms with Gasteiger partial charge in [-0.25, -0.2) is 4.98 Å². The Hall–Kier alpha value is -3.25. The molecule has 1 aromatic heterocycles. The van der Waals surface area contributed by atoms with Gasteiger partial charge in [-0.05, 0) is 68.2 Å². The summed E-state index contributed by atoms with van der Waals surface area (Å²) in [4.78, 5) is 46.4. The Morgan fingerprint density at radius 3 is 2.32 bits per heavy atom. The second-order valence-electron chi connectivity index (χ2n) is 11.8. The molecule has 0 aliphatic carbocycles. The lowest BCUT2D eigenvalue weighted by atomic mass is 10.0. The van der Waals surface area contributed by atoms with Crippen molar-refractivity contribution < 1.29 is 19.5 Å². The molecule has 2 heterocycles. The summed E-state index contributed by atoms with van der Waals surface area (Å²) in [5, 5.41) is 16.3. The summed E-state index contributed by atoms with van der Waals surface area (Å²) in [6, 6.07) is 14.6. The van der Waals surface area contributed by atoms with Gasteiger partial charge in [0.1, 0.15) is 12.1 Å². The fraction of sp³-hybridized carbons (Fsp3) is 0.455. The number of thioether (sulfide) groups is 1. The second kappa shape index (κ2) is 15.2. The van der Waals surface area contributed by atoms with Crippen molar-refractivity contribution in [3.05, 3.63) is 76.4 Å². The van der Waals surface area contributed by atoms with Crippen LogP contribution in [0.3, 0.4) is 0 Å². The summed E-state index contributed by atoms with van der Waals surface area (Å²) in [6.45, 7) is 8.16. The van der Waals surface area contributed by atoms with E-state index in [0.717, 1.165) is 40.3 Å². The maximum Gasteiger partial charge on any atom is 0.247 e. The predicted molar refractivity (Wildman–Crippen MR) is 177 cm³/mol. The molecule has 2 aromatic carbocycles. The van der Waals surface area contributed by atoms with Crippen LogP contribution in [0.25, 0.3) is 10.4 Å². The molecule has 0 spiro atoms. The lowest BCUT2D eigenvalue weighted by Crippen LogP contribution is -2.59. The van der Waals surface area contributed by atoms with E-state index < -0.39 is 22.9 Å². The van der Waals surface area contributed by atoms with Gasteiger partial charge in [-0.2, -0.15) is 11.8 Å². The Kier molecular flexibility index (Phi) is 11.6. The molecule has 1 saturated heterocycles. The monoisotopic (exact) mass is 637 g/mol. The minimum atomic E-state index is -0.875. The highest BCUT2D eigenvalue weighted by molar-refractivity contribution is 8.00. The molecule has 9 nitrogen and oxygen atoms in total.